The zero-order valence-electron chi connectivity index (χ0n) is 11.9. The summed E-state index contributed by atoms with van der Waals surface area (Å²) in [6.07, 6.45) is 2.49. The summed E-state index contributed by atoms with van der Waals surface area (Å²) in [6, 6.07) is 5.92. The lowest BCUT2D eigenvalue weighted by molar-refractivity contribution is -0.117. The quantitative estimate of drug-likeness (QED) is 0.780. The summed E-state index contributed by atoms with van der Waals surface area (Å²) in [5, 5.41) is 0. The van der Waals surface area contributed by atoms with Crippen molar-refractivity contribution in [1.29, 1.82) is 0 Å². The molecule has 0 aliphatic carbocycles. The van der Waals surface area contributed by atoms with E-state index in [1.165, 1.54) is 18.2 Å². The Morgan fingerprint density at radius 3 is 2.79 bits per heavy atom. The second-order valence-electron chi connectivity index (χ2n) is 5.54. The van der Waals surface area contributed by atoms with Gasteiger partial charge < -0.3 is 9.69 Å². The molecule has 1 atom stereocenters. The van der Waals surface area contributed by atoms with Gasteiger partial charge in [0.2, 0.25) is 0 Å². The summed E-state index contributed by atoms with van der Waals surface area (Å²) in [4.78, 5) is 25.6. The van der Waals surface area contributed by atoms with Crippen LogP contribution in [0.3, 0.4) is 0 Å². The van der Waals surface area contributed by atoms with Crippen LogP contribution in [0.5, 0.6) is 0 Å². The predicted octanol–water partition coefficient (Wildman–Crippen LogP) is 2.87. The third kappa shape index (κ3) is 3.03. The van der Waals surface area contributed by atoms with E-state index < -0.39 is 0 Å². The first-order valence-electron chi connectivity index (χ1n) is 6.86. The number of fused-ring (bicyclic) bond motifs is 1. The standard InChI is InChI=1S/C16H21NO2/c1-11(9-12(2)18)16(19)14-6-7-15-13(10-14)5-4-8-17(15)3/h6-7,10-11H,4-5,8-9H2,1-3H3. The number of Topliss-reactive ketones (excluding diaryl/α,β-unsaturated/α-hetero) is 2. The summed E-state index contributed by atoms with van der Waals surface area (Å²) < 4.78 is 0. The van der Waals surface area contributed by atoms with Crippen molar-refractivity contribution in [3.63, 3.8) is 0 Å². The molecule has 0 bridgehead atoms. The van der Waals surface area contributed by atoms with Crippen LogP contribution in [0.4, 0.5) is 5.69 Å². The van der Waals surface area contributed by atoms with Crippen LogP contribution in [0, 0.1) is 5.92 Å². The van der Waals surface area contributed by atoms with Gasteiger partial charge in [0.05, 0.1) is 0 Å². The lowest BCUT2D eigenvalue weighted by Gasteiger charge is -2.27. The van der Waals surface area contributed by atoms with E-state index in [9.17, 15) is 9.59 Å². The number of anilines is 1. The number of benzene rings is 1. The molecule has 1 unspecified atom stereocenters. The van der Waals surface area contributed by atoms with Gasteiger partial charge in [0.15, 0.2) is 5.78 Å². The molecule has 1 aromatic carbocycles. The van der Waals surface area contributed by atoms with Crippen LogP contribution in [0.15, 0.2) is 18.2 Å². The fourth-order valence-electron chi connectivity index (χ4n) is 2.75. The third-order valence-electron chi connectivity index (χ3n) is 3.76. The molecule has 3 heteroatoms. The van der Waals surface area contributed by atoms with Gasteiger partial charge in [0.25, 0.3) is 0 Å². The number of carbonyl (C=O) groups is 2. The molecule has 3 nitrogen and oxygen atoms in total. The van der Waals surface area contributed by atoms with Gasteiger partial charge in [-0.3, -0.25) is 4.79 Å². The van der Waals surface area contributed by atoms with Crippen LogP contribution in [0.1, 0.15) is 42.6 Å². The minimum Gasteiger partial charge on any atom is -0.374 e. The number of hydrogen-bond acceptors (Lipinski definition) is 3. The molecule has 1 aliphatic heterocycles. The van der Waals surface area contributed by atoms with Gasteiger partial charge in [-0.15, -0.1) is 0 Å². The molecule has 0 saturated carbocycles. The molecule has 0 spiro atoms. The van der Waals surface area contributed by atoms with Crippen molar-refractivity contribution < 1.29 is 9.59 Å². The molecule has 0 saturated heterocycles. The van der Waals surface area contributed by atoms with Crippen LogP contribution in [0.25, 0.3) is 0 Å². The van der Waals surface area contributed by atoms with E-state index in [2.05, 4.69) is 11.9 Å². The molecule has 1 heterocycles. The average Bonchev–Trinajstić information content (AvgIpc) is 2.37. The summed E-state index contributed by atoms with van der Waals surface area (Å²) in [6.45, 7) is 4.43. The lowest BCUT2D eigenvalue weighted by Crippen LogP contribution is -2.25. The Kier molecular flexibility index (Phi) is 4.03. The minimum absolute atomic E-state index is 0.0681. The van der Waals surface area contributed by atoms with Crippen molar-refractivity contribution in [3.05, 3.63) is 29.3 Å². The van der Waals surface area contributed by atoms with E-state index >= 15 is 0 Å². The number of hydrogen-bond donors (Lipinski definition) is 0. The fraction of sp³-hybridized carbons (Fsp3) is 0.500. The van der Waals surface area contributed by atoms with Crippen LogP contribution < -0.4 is 4.90 Å². The first-order valence-corrected chi connectivity index (χ1v) is 6.86. The summed E-state index contributed by atoms with van der Waals surface area (Å²) in [5.74, 6) is -0.0818. The third-order valence-corrected chi connectivity index (χ3v) is 3.76. The summed E-state index contributed by atoms with van der Waals surface area (Å²) in [5.41, 5.74) is 3.21. The van der Waals surface area contributed by atoms with Crippen LogP contribution in [-0.2, 0) is 11.2 Å². The molecular formula is C16H21NO2. The van der Waals surface area contributed by atoms with Crippen molar-refractivity contribution in [1.82, 2.24) is 0 Å². The summed E-state index contributed by atoms with van der Waals surface area (Å²) >= 11 is 0. The molecule has 1 aliphatic rings. The first kappa shape index (κ1) is 13.8. The molecule has 102 valence electrons. The SMILES string of the molecule is CC(=O)CC(C)C(=O)c1ccc2c(c1)CCCN2C. The fourth-order valence-corrected chi connectivity index (χ4v) is 2.75. The van der Waals surface area contributed by atoms with E-state index in [0.717, 1.165) is 24.9 Å². The highest BCUT2D eigenvalue weighted by atomic mass is 16.1. The predicted molar refractivity (Wildman–Crippen MR) is 76.8 cm³/mol. The molecule has 0 N–H and O–H groups in total. The smallest absolute Gasteiger partial charge is 0.166 e. The van der Waals surface area contributed by atoms with Crippen molar-refractivity contribution in [2.75, 3.05) is 18.5 Å². The molecule has 0 fully saturated rings. The number of nitrogens with zero attached hydrogens (tertiary/aromatic N) is 1. The Morgan fingerprint density at radius 1 is 1.37 bits per heavy atom. The highest BCUT2D eigenvalue weighted by Gasteiger charge is 2.20. The van der Waals surface area contributed by atoms with E-state index in [0.29, 0.717) is 6.42 Å². The Hall–Kier alpha value is -1.64. The van der Waals surface area contributed by atoms with Crippen LogP contribution in [-0.4, -0.2) is 25.2 Å². The van der Waals surface area contributed by atoms with Crippen molar-refractivity contribution >= 4 is 17.3 Å². The van der Waals surface area contributed by atoms with E-state index in [1.807, 2.05) is 25.1 Å². The van der Waals surface area contributed by atoms with Gasteiger partial charge in [-0.2, -0.15) is 0 Å². The van der Waals surface area contributed by atoms with E-state index in [1.54, 1.807) is 0 Å². The molecule has 1 aromatic rings. The first-order chi connectivity index (χ1) is 8.99. The van der Waals surface area contributed by atoms with Crippen molar-refractivity contribution in [3.8, 4) is 0 Å². The topological polar surface area (TPSA) is 37.4 Å². The maximum atomic E-state index is 12.3. The lowest BCUT2D eigenvalue weighted by atomic mass is 9.92. The molecule has 0 aromatic heterocycles. The van der Waals surface area contributed by atoms with Crippen molar-refractivity contribution in [2.24, 2.45) is 5.92 Å². The van der Waals surface area contributed by atoms with E-state index in [4.69, 9.17) is 0 Å². The number of ketones is 2. The summed E-state index contributed by atoms with van der Waals surface area (Å²) in [7, 11) is 2.08. The Morgan fingerprint density at radius 2 is 2.11 bits per heavy atom. The number of aryl methyl sites for hydroxylation is 1. The van der Waals surface area contributed by atoms with Gasteiger partial charge in [-0.25, -0.2) is 0 Å². The van der Waals surface area contributed by atoms with Gasteiger partial charge >= 0.3 is 0 Å². The highest BCUT2D eigenvalue weighted by molar-refractivity contribution is 6.00. The van der Waals surface area contributed by atoms with Crippen molar-refractivity contribution in [2.45, 2.75) is 33.1 Å². The van der Waals surface area contributed by atoms with Gasteiger partial charge in [0.1, 0.15) is 5.78 Å². The zero-order valence-corrected chi connectivity index (χ0v) is 11.9. The van der Waals surface area contributed by atoms with Crippen LogP contribution in [0.2, 0.25) is 0 Å². The van der Waals surface area contributed by atoms with E-state index in [-0.39, 0.29) is 17.5 Å². The monoisotopic (exact) mass is 259 g/mol. The van der Waals surface area contributed by atoms with Crippen LogP contribution >= 0.6 is 0 Å². The molecule has 0 amide bonds. The Bertz CT molecular complexity index is 507. The molecular weight excluding hydrogens is 238 g/mol. The number of carbonyl (C=O) groups excluding carboxylic acids is 2. The average molecular weight is 259 g/mol. The minimum atomic E-state index is -0.225. The second kappa shape index (κ2) is 5.55. The largest absolute Gasteiger partial charge is 0.374 e. The molecule has 19 heavy (non-hydrogen) atoms. The second-order valence-corrected chi connectivity index (χ2v) is 5.54. The highest BCUT2D eigenvalue weighted by Crippen LogP contribution is 2.27. The molecule has 0 radical (unpaired) electrons. The maximum absolute atomic E-state index is 12.3. The molecule has 2 rings (SSSR count). The zero-order chi connectivity index (χ0) is 14.0. The van der Waals surface area contributed by atoms with Gasteiger partial charge in [-0.1, -0.05) is 6.92 Å². The van der Waals surface area contributed by atoms with Gasteiger partial charge in [0, 0.05) is 37.2 Å². The van der Waals surface area contributed by atoms with Gasteiger partial charge in [-0.05, 0) is 43.5 Å². The number of rotatable bonds is 4. The maximum Gasteiger partial charge on any atom is 0.166 e. The normalized spacial score (nSPS) is 15.8. The Labute approximate surface area is 114 Å². The Balaban J connectivity index is 2.22.